The highest BCUT2D eigenvalue weighted by Gasteiger charge is 2.08. The molecule has 0 radical (unpaired) electrons. The monoisotopic (exact) mass is 391 g/mol. The Morgan fingerprint density at radius 1 is 1.33 bits per heavy atom. The smallest absolute Gasteiger partial charge is 0.259 e. The van der Waals surface area contributed by atoms with Crippen molar-refractivity contribution in [3.8, 4) is 11.5 Å². The first-order chi connectivity index (χ1) is 11.5. The van der Waals surface area contributed by atoms with E-state index in [0.717, 1.165) is 15.7 Å². The fourth-order valence-corrected chi connectivity index (χ4v) is 2.37. The quantitative estimate of drug-likeness (QED) is 0.521. The normalized spacial score (nSPS) is 10.6. The van der Waals surface area contributed by atoms with Gasteiger partial charge in [-0.1, -0.05) is 33.6 Å². The van der Waals surface area contributed by atoms with Crippen LogP contribution in [0.3, 0.4) is 0 Å². The van der Waals surface area contributed by atoms with Gasteiger partial charge in [0.15, 0.2) is 11.5 Å². The molecular formula is C17H18BrN3O3. The van der Waals surface area contributed by atoms with E-state index in [9.17, 15) is 9.90 Å². The van der Waals surface area contributed by atoms with Gasteiger partial charge in [-0.05, 0) is 31.2 Å². The Hall–Kier alpha value is -2.54. The number of nitrogens with one attached hydrogen (secondary N) is 2. The zero-order valence-electron chi connectivity index (χ0n) is 13.3. The molecule has 0 unspecified atom stereocenters. The summed E-state index contributed by atoms with van der Waals surface area (Å²) in [5, 5.41) is 16.8. The number of aryl methyl sites for hydroxylation is 1. The molecule has 0 saturated heterocycles. The fourth-order valence-electron chi connectivity index (χ4n) is 1.92. The van der Waals surface area contributed by atoms with Gasteiger partial charge in [0.25, 0.3) is 5.91 Å². The zero-order valence-corrected chi connectivity index (χ0v) is 14.9. The molecule has 0 atom stereocenters. The first-order valence-electron chi connectivity index (χ1n) is 7.18. The second-order valence-corrected chi connectivity index (χ2v) is 5.97. The largest absolute Gasteiger partial charge is 0.504 e. The molecule has 2 rings (SSSR count). The number of methoxy groups -OCH3 is 1. The van der Waals surface area contributed by atoms with E-state index in [4.69, 9.17) is 4.74 Å². The summed E-state index contributed by atoms with van der Waals surface area (Å²) < 4.78 is 5.78. The van der Waals surface area contributed by atoms with E-state index >= 15 is 0 Å². The highest BCUT2D eigenvalue weighted by molar-refractivity contribution is 9.10. The minimum absolute atomic E-state index is 0.0449. The lowest BCUT2D eigenvalue weighted by atomic mass is 10.2. The molecule has 2 aromatic carbocycles. The van der Waals surface area contributed by atoms with Gasteiger partial charge in [-0.3, -0.25) is 4.79 Å². The van der Waals surface area contributed by atoms with Gasteiger partial charge in [0.1, 0.15) is 0 Å². The molecule has 0 saturated carbocycles. The van der Waals surface area contributed by atoms with Crippen molar-refractivity contribution < 1.29 is 14.6 Å². The molecule has 0 fully saturated rings. The van der Waals surface area contributed by atoms with Crippen LogP contribution in [0, 0.1) is 6.92 Å². The van der Waals surface area contributed by atoms with Crippen LogP contribution in [0.2, 0.25) is 0 Å². The molecule has 1 amide bonds. The number of amides is 1. The Bertz CT molecular complexity index is 745. The van der Waals surface area contributed by atoms with E-state index in [1.165, 1.54) is 13.3 Å². The van der Waals surface area contributed by atoms with Crippen LogP contribution >= 0.6 is 15.9 Å². The molecule has 0 spiro atoms. The average molecular weight is 392 g/mol. The van der Waals surface area contributed by atoms with Crippen LogP contribution in [0.25, 0.3) is 0 Å². The zero-order chi connectivity index (χ0) is 17.5. The standard InChI is InChI=1S/C17H18BrN3O3/c1-11-3-5-14(6-4-11)19-10-16(22)21-20-9-12-7-13(18)8-15(24-2)17(12)23/h3-9,19,23H,10H2,1-2H3,(H,21,22)/b20-9+. The lowest BCUT2D eigenvalue weighted by Crippen LogP contribution is -2.25. The molecular weight excluding hydrogens is 374 g/mol. The van der Waals surface area contributed by atoms with Gasteiger partial charge in [0.05, 0.1) is 19.9 Å². The number of hydrogen-bond acceptors (Lipinski definition) is 5. The van der Waals surface area contributed by atoms with Gasteiger partial charge in [0, 0.05) is 15.7 Å². The van der Waals surface area contributed by atoms with Crippen molar-refractivity contribution in [2.75, 3.05) is 19.0 Å². The molecule has 2 aromatic rings. The van der Waals surface area contributed by atoms with Crippen LogP contribution < -0.4 is 15.5 Å². The Morgan fingerprint density at radius 3 is 2.71 bits per heavy atom. The predicted molar refractivity (Wildman–Crippen MR) is 97.8 cm³/mol. The van der Waals surface area contributed by atoms with Gasteiger partial charge < -0.3 is 15.2 Å². The maximum atomic E-state index is 11.8. The highest BCUT2D eigenvalue weighted by Crippen LogP contribution is 2.32. The number of nitrogens with zero attached hydrogens (tertiary/aromatic N) is 1. The molecule has 126 valence electrons. The number of carbonyl (C=O) groups is 1. The lowest BCUT2D eigenvalue weighted by Gasteiger charge is -2.07. The number of halogens is 1. The van der Waals surface area contributed by atoms with E-state index in [0.29, 0.717) is 11.3 Å². The summed E-state index contributed by atoms with van der Waals surface area (Å²) in [5.41, 5.74) is 4.83. The summed E-state index contributed by atoms with van der Waals surface area (Å²) in [5.74, 6) is -0.0251. The number of aromatic hydroxyl groups is 1. The third-order valence-corrected chi connectivity index (χ3v) is 3.64. The summed E-state index contributed by atoms with van der Waals surface area (Å²) in [6, 6.07) is 11.0. The van der Waals surface area contributed by atoms with E-state index in [-0.39, 0.29) is 18.2 Å². The first kappa shape index (κ1) is 17.8. The third kappa shape index (κ3) is 4.99. The van der Waals surface area contributed by atoms with Crippen molar-refractivity contribution in [2.45, 2.75) is 6.92 Å². The van der Waals surface area contributed by atoms with Crippen LogP contribution in [0.4, 0.5) is 5.69 Å². The second kappa shape index (κ2) is 8.35. The number of benzene rings is 2. The van der Waals surface area contributed by atoms with Crippen molar-refractivity contribution in [1.82, 2.24) is 5.43 Å². The van der Waals surface area contributed by atoms with Crippen LogP contribution in [0.1, 0.15) is 11.1 Å². The van der Waals surface area contributed by atoms with Gasteiger partial charge in [-0.2, -0.15) is 5.10 Å². The number of carbonyl (C=O) groups excluding carboxylic acids is 1. The molecule has 0 aliphatic carbocycles. The molecule has 0 aromatic heterocycles. The van der Waals surface area contributed by atoms with E-state index < -0.39 is 0 Å². The number of phenols is 1. The minimum atomic E-state index is -0.298. The Morgan fingerprint density at radius 2 is 2.04 bits per heavy atom. The number of anilines is 1. The summed E-state index contributed by atoms with van der Waals surface area (Å²) >= 11 is 3.31. The van der Waals surface area contributed by atoms with Gasteiger partial charge >= 0.3 is 0 Å². The first-order valence-corrected chi connectivity index (χ1v) is 7.98. The molecule has 7 heteroatoms. The third-order valence-electron chi connectivity index (χ3n) is 3.19. The van der Waals surface area contributed by atoms with Crippen LogP contribution in [0.5, 0.6) is 11.5 Å². The van der Waals surface area contributed by atoms with Crippen molar-refractivity contribution in [1.29, 1.82) is 0 Å². The maximum absolute atomic E-state index is 11.8. The minimum Gasteiger partial charge on any atom is -0.504 e. The van der Waals surface area contributed by atoms with Gasteiger partial charge in [-0.15, -0.1) is 0 Å². The number of rotatable bonds is 6. The summed E-state index contributed by atoms with van der Waals surface area (Å²) in [7, 11) is 1.46. The molecule has 24 heavy (non-hydrogen) atoms. The highest BCUT2D eigenvalue weighted by atomic mass is 79.9. The van der Waals surface area contributed by atoms with Crippen LogP contribution in [0.15, 0.2) is 46.0 Å². The lowest BCUT2D eigenvalue weighted by molar-refractivity contribution is -0.119. The molecule has 6 nitrogen and oxygen atoms in total. The Labute approximate surface area is 148 Å². The summed E-state index contributed by atoms with van der Waals surface area (Å²) in [4.78, 5) is 11.8. The SMILES string of the molecule is COc1cc(Br)cc(/C=N/NC(=O)CNc2ccc(C)cc2)c1O. The fraction of sp³-hybridized carbons (Fsp3) is 0.176. The maximum Gasteiger partial charge on any atom is 0.259 e. The van der Waals surface area contributed by atoms with Gasteiger partial charge in [-0.25, -0.2) is 5.43 Å². The topological polar surface area (TPSA) is 83.0 Å². The molecule has 3 N–H and O–H groups in total. The molecule has 0 aliphatic heterocycles. The molecule has 0 aliphatic rings. The van der Waals surface area contributed by atoms with Crippen LogP contribution in [-0.4, -0.2) is 30.9 Å². The molecule has 0 heterocycles. The second-order valence-electron chi connectivity index (χ2n) is 5.06. The average Bonchev–Trinajstić information content (AvgIpc) is 2.57. The van der Waals surface area contributed by atoms with Crippen molar-refractivity contribution in [3.63, 3.8) is 0 Å². The number of hydrogen-bond donors (Lipinski definition) is 3. The van der Waals surface area contributed by atoms with E-state index in [2.05, 4.69) is 31.8 Å². The molecule has 0 bridgehead atoms. The van der Waals surface area contributed by atoms with Crippen molar-refractivity contribution in [3.05, 3.63) is 52.0 Å². The number of phenolic OH excluding ortho intramolecular Hbond substituents is 1. The Balaban J connectivity index is 1.90. The van der Waals surface area contributed by atoms with E-state index in [1.54, 1.807) is 12.1 Å². The number of hydrazone groups is 1. The van der Waals surface area contributed by atoms with Crippen molar-refractivity contribution >= 4 is 33.7 Å². The van der Waals surface area contributed by atoms with Crippen LogP contribution in [-0.2, 0) is 4.79 Å². The van der Waals surface area contributed by atoms with Gasteiger partial charge in [0.2, 0.25) is 0 Å². The predicted octanol–water partition coefficient (Wildman–Crippen LogP) is 3.03. The summed E-state index contributed by atoms with van der Waals surface area (Å²) in [6.45, 7) is 2.09. The number of ether oxygens (including phenoxy) is 1. The summed E-state index contributed by atoms with van der Waals surface area (Å²) in [6.07, 6.45) is 1.35. The van der Waals surface area contributed by atoms with Crippen molar-refractivity contribution in [2.24, 2.45) is 5.10 Å². The Kier molecular flexibility index (Phi) is 6.20. The van der Waals surface area contributed by atoms with E-state index in [1.807, 2.05) is 31.2 Å².